The van der Waals surface area contributed by atoms with Crippen molar-refractivity contribution in [3.63, 3.8) is 0 Å². The van der Waals surface area contributed by atoms with E-state index in [0.717, 1.165) is 16.0 Å². The quantitative estimate of drug-likeness (QED) is 0.366. The molecule has 2 fully saturated rings. The van der Waals surface area contributed by atoms with Crippen LogP contribution in [0.1, 0.15) is 27.5 Å². The van der Waals surface area contributed by atoms with E-state index in [4.69, 9.17) is 23.2 Å². The molecule has 0 spiro atoms. The van der Waals surface area contributed by atoms with Crippen LogP contribution < -0.4 is 4.90 Å². The third-order valence-electron chi connectivity index (χ3n) is 6.95. The molecule has 6 rings (SSSR count). The Hall–Kier alpha value is -3.41. The highest BCUT2D eigenvalue weighted by atomic mass is 35.5. The van der Waals surface area contributed by atoms with Gasteiger partial charge in [0.2, 0.25) is 11.8 Å². The van der Waals surface area contributed by atoms with Gasteiger partial charge in [0.15, 0.2) is 5.78 Å². The minimum absolute atomic E-state index is 0.222. The van der Waals surface area contributed by atoms with Crippen LogP contribution in [0.15, 0.2) is 79.0 Å². The fourth-order valence-electron chi connectivity index (χ4n) is 5.51. The van der Waals surface area contributed by atoms with E-state index in [9.17, 15) is 14.4 Å². The smallest absolute Gasteiger partial charge is 0.240 e. The maximum absolute atomic E-state index is 13.8. The number of carbonyl (C=O) groups excluding carboxylic acids is 3. The zero-order chi connectivity index (χ0) is 23.6. The molecule has 0 bridgehead atoms. The van der Waals surface area contributed by atoms with Crippen LogP contribution in [0.2, 0.25) is 10.0 Å². The normalized spacial score (nSPS) is 24.8. The number of para-hydroxylation sites is 1. The number of halogens is 2. The number of Topliss-reactive ketones (excluding diaryl/α,β-unsaturated/α-hetero) is 1. The van der Waals surface area contributed by atoms with Crippen LogP contribution in [0.4, 0.5) is 5.69 Å². The first-order valence-corrected chi connectivity index (χ1v) is 11.7. The number of amides is 2. The van der Waals surface area contributed by atoms with Gasteiger partial charge in [0.1, 0.15) is 6.04 Å². The predicted octanol–water partition coefficient (Wildman–Crippen LogP) is 5.39. The summed E-state index contributed by atoms with van der Waals surface area (Å²) in [6, 6.07) is 19.9. The number of carbonyl (C=O) groups is 3. The number of ketones is 1. The minimum Gasteiger partial charge on any atom is -0.358 e. The lowest BCUT2D eigenvalue weighted by Gasteiger charge is -2.35. The first-order valence-electron chi connectivity index (χ1n) is 10.9. The molecule has 5 nitrogen and oxygen atoms in total. The van der Waals surface area contributed by atoms with Crippen LogP contribution in [-0.2, 0) is 9.59 Å². The summed E-state index contributed by atoms with van der Waals surface area (Å²) in [5.74, 6) is -2.52. The zero-order valence-electron chi connectivity index (χ0n) is 17.8. The Labute approximate surface area is 206 Å². The van der Waals surface area contributed by atoms with E-state index in [-0.39, 0.29) is 11.7 Å². The Bertz CT molecular complexity index is 1380. The van der Waals surface area contributed by atoms with Crippen molar-refractivity contribution in [1.82, 2.24) is 4.90 Å². The molecule has 2 amide bonds. The summed E-state index contributed by atoms with van der Waals surface area (Å²) < 4.78 is 0. The molecule has 3 aliphatic heterocycles. The summed E-state index contributed by atoms with van der Waals surface area (Å²) in [5, 5.41) is 0.827. The van der Waals surface area contributed by atoms with Gasteiger partial charge in [-0.2, -0.15) is 0 Å². The van der Waals surface area contributed by atoms with Crippen molar-refractivity contribution in [2.75, 3.05) is 4.90 Å². The molecule has 0 saturated carbocycles. The van der Waals surface area contributed by atoms with Crippen molar-refractivity contribution in [3.05, 3.63) is 106 Å². The Balaban J connectivity index is 1.51. The second-order valence-electron chi connectivity index (χ2n) is 8.67. The molecule has 4 atom stereocenters. The largest absolute Gasteiger partial charge is 0.358 e. The Morgan fingerprint density at radius 2 is 1.47 bits per heavy atom. The van der Waals surface area contributed by atoms with Crippen molar-refractivity contribution >= 4 is 52.6 Å². The molecule has 0 aliphatic carbocycles. The van der Waals surface area contributed by atoms with Gasteiger partial charge in [-0.15, -0.1) is 0 Å². The van der Waals surface area contributed by atoms with Crippen molar-refractivity contribution in [2.24, 2.45) is 11.8 Å². The summed E-state index contributed by atoms with van der Waals surface area (Å²) >= 11 is 12.4. The van der Waals surface area contributed by atoms with Gasteiger partial charge in [-0.1, -0.05) is 59.6 Å². The molecule has 3 aromatic carbocycles. The molecule has 7 heteroatoms. The second-order valence-corrected chi connectivity index (χ2v) is 9.51. The van der Waals surface area contributed by atoms with Gasteiger partial charge in [-0.25, -0.2) is 4.90 Å². The van der Waals surface area contributed by atoms with E-state index in [1.807, 2.05) is 41.4 Å². The van der Waals surface area contributed by atoms with Crippen LogP contribution in [0.3, 0.4) is 0 Å². The van der Waals surface area contributed by atoms with Crippen LogP contribution in [-0.4, -0.2) is 28.5 Å². The lowest BCUT2D eigenvalue weighted by atomic mass is 9.83. The van der Waals surface area contributed by atoms with Gasteiger partial charge in [-0.05, 0) is 53.6 Å². The van der Waals surface area contributed by atoms with E-state index in [1.54, 1.807) is 48.5 Å². The number of anilines is 1. The maximum Gasteiger partial charge on any atom is 0.240 e. The fraction of sp³-hybridized carbons (Fsp3) is 0.148. The standard InChI is InChI=1S/C27H18Cl2N2O3/c28-17-11-9-16(10-12-17)25(32)24-22-21(23-18-6-2-1-5-15(18)13-14-30(23)24)26(33)31(27(22)34)20-8-4-3-7-19(20)29/h1-14,21-24H/t21-,22+,23+,24-/m0/s1. The van der Waals surface area contributed by atoms with E-state index in [2.05, 4.69) is 0 Å². The van der Waals surface area contributed by atoms with E-state index in [0.29, 0.717) is 21.3 Å². The van der Waals surface area contributed by atoms with Crippen molar-refractivity contribution in [1.29, 1.82) is 0 Å². The average Bonchev–Trinajstić information content (AvgIpc) is 3.32. The summed E-state index contributed by atoms with van der Waals surface area (Å²) in [7, 11) is 0. The number of fused-ring (bicyclic) bond motifs is 5. The number of benzene rings is 3. The first kappa shape index (κ1) is 21.1. The zero-order valence-corrected chi connectivity index (χ0v) is 19.3. The van der Waals surface area contributed by atoms with Gasteiger partial charge >= 0.3 is 0 Å². The maximum atomic E-state index is 13.8. The van der Waals surface area contributed by atoms with Crippen LogP contribution >= 0.6 is 23.2 Å². The fourth-order valence-corrected chi connectivity index (χ4v) is 5.86. The molecule has 0 aromatic heterocycles. The molecule has 2 saturated heterocycles. The molecule has 3 heterocycles. The summed E-state index contributed by atoms with van der Waals surface area (Å²) in [5.41, 5.74) is 2.68. The van der Waals surface area contributed by atoms with Crippen molar-refractivity contribution < 1.29 is 14.4 Å². The number of nitrogens with zero attached hydrogens (tertiary/aromatic N) is 2. The Morgan fingerprint density at radius 3 is 2.24 bits per heavy atom. The van der Waals surface area contributed by atoms with E-state index in [1.165, 1.54) is 0 Å². The highest BCUT2D eigenvalue weighted by molar-refractivity contribution is 6.36. The van der Waals surface area contributed by atoms with Crippen LogP contribution in [0.5, 0.6) is 0 Å². The van der Waals surface area contributed by atoms with Crippen LogP contribution in [0.25, 0.3) is 6.08 Å². The molecule has 3 aromatic rings. The Kier molecular flexibility index (Phi) is 4.87. The van der Waals surface area contributed by atoms with E-state index < -0.39 is 29.8 Å². The number of hydrogen-bond acceptors (Lipinski definition) is 4. The minimum atomic E-state index is -0.840. The van der Waals surface area contributed by atoms with Gasteiger partial charge in [-0.3, -0.25) is 14.4 Å². The number of imide groups is 1. The molecular formula is C27H18Cl2N2O3. The number of rotatable bonds is 3. The Morgan fingerprint density at radius 1 is 0.794 bits per heavy atom. The molecule has 34 heavy (non-hydrogen) atoms. The summed E-state index contributed by atoms with van der Waals surface area (Å²) in [4.78, 5) is 44.5. The molecular weight excluding hydrogens is 471 g/mol. The van der Waals surface area contributed by atoms with Gasteiger partial charge in [0, 0.05) is 16.8 Å². The molecule has 0 unspecified atom stereocenters. The van der Waals surface area contributed by atoms with Gasteiger partial charge in [0.25, 0.3) is 0 Å². The third kappa shape index (κ3) is 2.97. The van der Waals surface area contributed by atoms with Gasteiger partial charge in [0.05, 0.1) is 28.6 Å². The average molecular weight is 489 g/mol. The van der Waals surface area contributed by atoms with Crippen molar-refractivity contribution in [3.8, 4) is 0 Å². The topological polar surface area (TPSA) is 57.7 Å². The lowest BCUT2D eigenvalue weighted by Crippen LogP contribution is -2.44. The van der Waals surface area contributed by atoms with Crippen molar-refractivity contribution in [2.45, 2.75) is 12.1 Å². The molecule has 0 N–H and O–H groups in total. The first-order chi connectivity index (χ1) is 16.5. The SMILES string of the molecule is O=C(c1ccc(Cl)cc1)[C@@H]1[C@@H]2C(=O)N(c3ccccc3Cl)C(=O)[C@@H]2[C@H]2c3ccccc3C=CN12. The lowest BCUT2D eigenvalue weighted by molar-refractivity contribution is -0.123. The highest BCUT2D eigenvalue weighted by Gasteiger charge is 2.64. The van der Waals surface area contributed by atoms with Crippen LogP contribution in [0, 0.1) is 11.8 Å². The van der Waals surface area contributed by atoms with Gasteiger partial charge < -0.3 is 4.90 Å². The molecule has 3 aliphatic rings. The molecule has 0 radical (unpaired) electrons. The second kappa shape index (κ2) is 7.83. The highest BCUT2D eigenvalue weighted by Crippen LogP contribution is 2.54. The predicted molar refractivity (Wildman–Crippen MR) is 131 cm³/mol. The monoisotopic (exact) mass is 488 g/mol. The third-order valence-corrected chi connectivity index (χ3v) is 7.52. The van der Waals surface area contributed by atoms with E-state index >= 15 is 0 Å². The molecule has 168 valence electrons. The summed E-state index contributed by atoms with van der Waals surface area (Å²) in [6.07, 6.45) is 3.76. The summed E-state index contributed by atoms with van der Waals surface area (Å²) in [6.45, 7) is 0. The number of hydrogen-bond donors (Lipinski definition) is 0.